The summed E-state index contributed by atoms with van der Waals surface area (Å²) >= 11 is 1.63. The molecule has 0 unspecified atom stereocenters. The molecule has 130 valence electrons. The Morgan fingerprint density at radius 2 is 2.04 bits per heavy atom. The number of fused-ring (bicyclic) bond motifs is 1. The summed E-state index contributed by atoms with van der Waals surface area (Å²) in [5, 5.41) is 10.6. The predicted octanol–water partition coefficient (Wildman–Crippen LogP) is 3.89. The molecule has 7 heteroatoms. The molecule has 3 aromatic heterocycles. The molecule has 4 aromatic rings. The first-order chi connectivity index (χ1) is 12.6. The second-order valence-corrected chi connectivity index (χ2v) is 7.04. The number of hydrogen-bond acceptors (Lipinski definition) is 6. The zero-order valence-electron chi connectivity index (χ0n) is 14.3. The number of carbonyl (C=O) groups excluding carboxylic acids is 1. The Morgan fingerprint density at radius 3 is 2.77 bits per heavy atom. The SMILES string of the molecule is Cc1nc(-c2ccc(CNC(=O)c3cnc4onc(C)c4c3)cc2)cs1. The molecule has 1 N–H and O–H groups in total. The molecule has 1 aromatic carbocycles. The van der Waals surface area contributed by atoms with Gasteiger partial charge in [0.15, 0.2) is 0 Å². The van der Waals surface area contributed by atoms with Crippen LogP contribution in [-0.4, -0.2) is 21.0 Å². The second kappa shape index (κ2) is 6.68. The van der Waals surface area contributed by atoms with E-state index in [0.29, 0.717) is 17.8 Å². The molecular weight excluding hydrogens is 348 g/mol. The van der Waals surface area contributed by atoms with E-state index >= 15 is 0 Å². The van der Waals surface area contributed by atoms with Gasteiger partial charge in [-0.05, 0) is 25.5 Å². The fraction of sp³-hybridized carbons (Fsp3) is 0.158. The van der Waals surface area contributed by atoms with E-state index in [1.165, 1.54) is 6.20 Å². The lowest BCUT2D eigenvalue weighted by atomic mass is 10.1. The van der Waals surface area contributed by atoms with E-state index in [9.17, 15) is 4.79 Å². The van der Waals surface area contributed by atoms with Crippen molar-refractivity contribution in [2.45, 2.75) is 20.4 Å². The molecule has 0 spiro atoms. The van der Waals surface area contributed by atoms with E-state index in [0.717, 1.165) is 32.9 Å². The number of thiazole rings is 1. The van der Waals surface area contributed by atoms with Gasteiger partial charge in [-0.1, -0.05) is 29.4 Å². The molecule has 0 atom stereocenters. The predicted molar refractivity (Wildman–Crippen MR) is 100.0 cm³/mol. The van der Waals surface area contributed by atoms with Crippen molar-refractivity contribution in [2.24, 2.45) is 0 Å². The van der Waals surface area contributed by atoms with Gasteiger partial charge < -0.3 is 9.84 Å². The number of rotatable bonds is 4. The van der Waals surface area contributed by atoms with Crippen LogP contribution < -0.4 is 5.32 Å². The number of nitrogens with one attached hydrogen (secondary N) is 1. The van der Waals surface area contributed by atoms with Crippen LogP contribution in [0.3, 0.4) is 0 Å². The molecule has 0 aliphatic heterocycles. The Hall–Kier alpha value is -3.06. The lowest BCUT2D eigenvalue weighted by molar-refractivity contribution is 0.0950. The Labute approximate surface area is 153 Å². The Kier molecular flexibility index (Phi) is 4.22. The average molecular weight is 364 g/mol. The molecule has 0 fully saturated rings. The largest absolute Gasteiger partial charge is 0.348 e. The first-order valence-electron chi connectivity index (χ1n) is 8.12. The van der Waals surface area contributed by atoms with Crippen molar-refractivity contribution in [3.63, 3.8) is 0 Å². The fourth-order valence-electron chi connectivity index (χ4n) is 2.64. The van der Waals surface area contributed by atoms with Gasteiger partial charge in [0, 0.05) is 23.7 Å². The first-order valence-corrected chi connectivity index (χ1v) is 9.00. The minimum absolute atomic E-state index is 0.181. The summed E-state index contributed by atoms with van der Waals surface area (Å²) in [7, 11) is 0. The molecule has 6 nitrogen and oxygen atoms in total. The number of hydrogen-bond donors (Lipinski definition) is 1. The summed E-state index contributed by atoms with van der Waals surface area (Å²) in [5.74, 6) is -0.181. The smallest absolute Gasteiger partial charge is 0.257 e. The van der Waals surface area contributed by atoms with Crippen molar-refractivity contribution in [2.75, 3.05) is 0 Å². The number of nitrogens with zero attached hydrogens (tertiary/aromatic N) is 3. The van der Waals surface area contributed by atoms with Gasteiger partial charge in [-0.25, -0.2) is 9.97 Å². The Morgan fingerprint density at radius 1 is 1.23 bits per heavy atom. The number of benzene rings is 1. The molecule has 26 heavy (non-hydrogen) atoms. The molecular formula is C19H16N4O2S. The number of aromatic nitrogens is 3. The molecule has 0 saturated carbocycles. The Bertz CT molecular complexity index is 1080. The van der Waals surface area contributed by atoms with Gasteiger partial charge in [-0.15, -0.1) is 11.3 Å². The monoisotopic (exact) mass is 364 g/mol. The maximum absolute atomic E-state index is 12.4. The molecule has 0 saturated heterocycles. The highest BCUT2D eigenvalue weighted by Crippen LogP contribution is 2.22. The molecule has 1 amide bonds. The van der Waals surface area contributed by atoms with Crippen molar-refractivity contribution in [3.8, 4) is 11.3 Å². The third-order valence-corrected chi connectivity index (χ3v) is 4.87. The van der Waals surface area contributed by atoms with E-state index in [1.54, 1.807) is 17.4 Å². The van der Waals surface area contributed by atoms with Crippen LogP contribution in [0.25, 0.3) is 22.4 Å². The zero-order valence-corrected chi connectivity index (χ0v) is 15.1. The normalized spacial score (nSPS) is 11.0. The van der Waals surface area contributed by atoms with Crippen LogP contribution in [0, 0.1) is 13.8 Å². The topological polar surface area (TPSA) is 80.9 Å². The third kappa shape index (κ3) is 3.21. The molecule has 0 aliphatic carbocycles. The van der Waals surface area contributed by atoms with Crippen molar-refractivity contribution in [1.82, 2.24) is 20.4 Å². The van der Waals surface area contributed by atoms with Crippen molar-refractivity contribution >= 4 is 28.3 Å². The summed E-state index contributed by atoms with van der Waals surface area (Å²) in [6, 6.07) is 9.77. The van der Waals surface area contributed by atoms with E-state index < -0.39 is 0 Å². The van der Waals surface area contributed by atoms with Gasteiger partial charge in [0.05, 0.1) is 27.3 Å². The highest BCUT2D eigenvalue weighted by molar-refractivity contribution is 7.09. The van der Waals surface area contributed by atoms with Crippen LogP contribution in [-0.2, 0) is 6.54 Å². The van der Waals surface area contributed by atoms with Gasteiger partial charge >= 0.3 is 0 Å². The Balaban J connectivity index is 1.44. The van der Waals surface area contributed by atoms with Crippen molar-refractivity contribution in [3.05, 3.63) is 63.7 Å². The number of pyridine rings is 1. The van der Waals surface area contributed by atoms with Crippen molar-refractivity contribution in [1.29, 1.82) is 0 Å². The molecule has 3 heterocycles. The fourth-order valence-corrected chi connectivity index (χ4v) is 3.27. The number of carbonyl (C=O) groups is 1. The molecule has 0 radical (unpaired) electrons. The lowest BCUT2D eigenvalue weighted by Crippen LogP contribution is -2.22. The standard InChI is InChI=1S/C19H16N4O2S/c1-11-16-7-15(9-21-19(16)25-23-11)18(24)20-8-13-3-5-14(6-4-13)17-10-26-12(2)22-17/h3-7,9-10H,8H2,1-2H3,(H,20,24). The molecule has 0 aliphatic rings. The number of aryl methyl sites for hydroxylation is 2. The van der Waals surface area contributed by atoms with Crippen LogP contribution in [0.4, 0.5) is 0 Å². The number of amides is 1. The second-order valence-electron chi connectivity index (χ2n) is 5.98. The van der Waals surface area contributed by atoms with Gasteiger partial charge in [-0.2, -0.15) is 0 Å². The third-order valence-electron chi connectivity index (χ3n) is 4.09. The first kappa shape index (κ1) is 16.4. The zero-order chi connectivity index (χ0) is 18.1. The van der Waals surface area contributed by atoms with Crippen LogP contribution in [0.2, 0.25) is 0 Å². The van der Waals surface area contributed by atoms with Crippen LogP contribution >= 0.6 is 11.3 Å². The summed E-state index contributed by atoms with van der Waals surface area (Å²) in [6.45, 7) is 4.25. The maximum atomic E-state index is 12.4. The minimum Gasteiger partial charge on any atom is -0.348 e. The van der Waals surface area contributed by atoms with E-state index in [-0.39, 0.29) is 5.91 Å². The van der Waals surface area contributed by atoms with E-state index in [4.69, 9.17) is 4.52 Å². The quantitative estimate of drug-likeness (QED) is 0.594. The summed E-state index contributed by atoms with van der Waals surface area (Å²) in [6.07, 6.45) is 1.50. The van der Waals surface area contributed by atoms with Gasteiger partial charge in [-0.3, -0.25) is 4.79 Å². The minimum atomic E-state index is -0.181. The van der Waals surface area contributed by atoms with Gasteiger partial charge in [0.25, 0.3) is 11.6 Å². The van der Waals surface area contributed by atoms with Crippen LogP contribution in [0.1, 0.15) is 26.6 Å². The van der Waals surface area contributed by atoms with Crippen LogP contribution in [0.5, 0.6) is 0 Å². The summed E-state index contributed by atoms with van der Waals surface area (Å²) in [4.78, 5) is 21.0. The van der Waals surface area contributed by atoms with E-state index in [2.05, 4.69) is 20.4 Å². The highest BCUT2D eigenvalue weighted by Gasteiger charge is 2.11. The summed E-state index contributed by atoms with van der Waals surface area (Å²) < 4.78 is 5.06. The maximum Gasteiger partial charge on any atom is 0.257 e. The van der Waals surface area contributed by atoms with Gasteiger partial charge in [0.2, 0.25) is 0 Å². The van der Waals surface area contributed by atoms with Crippen LogP contribution in [0.15, 0.2) is 46.4 Å². The summed E-state index contributed by atoms with van der Waals surface area (Å²) in [5.41, 5.74) is 4.71. The van der Waals surface area contributed by atoms with Crippen molar-refractivity contribution < 1.29 is 9.32 Å². The average Bonchev–Trinajstić information content (AvgIpc) is 3.26. The molecule has 4 rings (SSSR count). The highest BCUT2D eigenvalue weighted by atomic mass is 32.1. The van der Waals surface area contributed by atoms with Gasteiger partial charge in [0.1, 0.15) is 0 Å². The lowest BCUT2D eigenvalue weighted by Gasteiger charge is -2.06. The molecule has 0 bridgehead atoms. The van der Waals surface area contributed by atoms with E-state index in [1.807, 2.05) is 43.5 Å².